The van der Waals surface area contributed by atoms with Gasteiger partial charge in [-0.05, 0) is 37.4 Å². The topological polar surface area (TPSA) is 74.2 Å². The summed E-state index contributed by atoms with van der Waals surface area (Å²) in [6.45, 7) is 7.15. The number of carbonyl (C=O) groups is 1. The molecule has 3 rings (SSSR count). The van der Waals surface area contributed by atoms with Crippen LogP contribution in [0.4, 0.5) is 0 Å². The predicted molar refractivity (Wildman–Crippen MR) is 92.6 cm³/mol. The molecule has 3 aromatic rings. The van der Waals surface area contributed by atoms with Gasteiger partial charge in [-0.1, -0.05) is 26.0 Å². The highest BCUT2D eigenvalue weighted by molar-refractivity contribution is 5.91. The highest BCUT2D eigenvalue weighted by Gasteiger charge is 2.13. The number of nitrogens with zero attached hydrogens (tertiary/aromatic N) is 2. The standard InChI is InChI=1S/C18H22N4O2/c1-3-22(4-2)12-13-9-10-16(24-13)18(23)19-11-17-20-14-7-5-6-8-15(14)21-17/h5-10H,3-4,11-12H2,1-2H3,(H,19,23)(H,20,21). The fourth-order valence-electron chi connectivity index (χ4n) is 2.59. The summed E-state index contributed by atoms with van der Waals surface area (Å²) < 4.78 is 5.64. The van der Waals surface area contributed by atoms with E-state index < -0.39 is 0 Å². The number of amides is 1. The minimum atomic E-state index is -0.235. The van der Waals surface area contributed by atoms with E-state index in [1.807, 2.05) is 30.3 Å². The zero-order chi connectivity index (χ0) is 16.9. The summed E-state index contributed by atoms with van der Waals surface area (Å²) >= 11 is 0. The third-order valence-electron chi connectivity index (χ3n) is 4.01. The van der Waals surface area contributed by atoms with Crippen molar-refractivity contribution >= 4 is 16.9 Å². The van der Waals surface area contributed by atoms with Crippen LogP contribution in [0.25, 0.3) is 11.0 Å². The molecule has 0 bridgehead atoms. The van der Waals surface area contributed by atoms with Crippen LogP contribution in [0.5, 0.6) is 0 Å². The summed E-state index contributed by atoms with van der Waals surface area (Å²) in [5.41, 5.74) is 1.85. The number of hydrogen-bond acceptors (Lipinski definition) is 4. The third kappa shape index (κ3) is 3.65. The second-order valence-electron chi connectivity index (χ2n) is 5.61. The SMILES string of the molecule is CCN(CC)Cc1ccc(C(=O)NCc2nc3ccccc3[nH]2)o1. The molecule has 0 saturated carbocycles. The Hall–Kier alpha value is -2.60. The average molecular weight is 326 g/mol. The van der Waals surface area contributed by atoms with Crippen LogP contribution in [0.3, 0.4) is 0 Å². The molecule has 2 aromatic heterocycles. The Kier molecular flexibility index (Phi) is 4.96. The Bertz CT molecular complexity index is 784. The van der Waals surface area contributed by atoms with E-state index in [2.05, 4.69) is 34.0 Å². The van der Waals surface area contributed by atoms with Crippen molar-refractivity contribution in [2.75, 3.05) is 13.1 Å². The summed E-state index contributed by atoms with van der Waals surface area (Å²) in [6.07, 6.45) is 0. The number of para-hydroxylation sites is 2. The van der Waals surface area contributed by atoms with E-state index in [-0.39, 0.29) is 5.91 Å². The lowest BCUT2D eigenvalue weighted by molar-refractivity contribution is 0.0918. The van der Waals surface area contributed by atoms with Crippen LogP contribution in [0, 0.1) is 0 Å². The highest BCUT2D eigenvalue weighted by atomic mass is 16.4. The summed E-state index contributed by atoms with van der Waals surface area (Å²) in [5, 5.41) is 2.83. The summed E-state index contributed by atoms with van der Waals surface area (Å²) in [5.74, 6) is 1.61. The number of aromatic amines is 1. The second-order valence-corrected chi connectivity index (χ2v) is 5.61. The molecule has 6 nitrogen and oxygen atoms in total. The van der Waals surface area contributed by atoms with Crippen molar-refractivity contribution in [3.05, 3.63) is 53.7 Å². The molecule has 1 amide bonds. The van der Waals surface area contributed by atoms with Gasteiger partial charge < -0.3 is 14.7 Å². The molecule has 1 aromatic carbocycles. The van der Waals surface area contributed by atoms with Crippen molar-refractivity contribution in [2.24, 2.45) is 0 Å². The first-order valence-corrected chi connectivity index (χ1v) is 8.22. The van der Waals surface area contributed by atoms with Gasteiger partial charge in [-0.15, -0.1) is 0 Å². The van der Waals surface area contributed by atoms with E-state index in [9.17, 15) is 4.79 Å². The maximum absolute atomic E-state index is 12.2. The molecule has 24 heavy (non-hydrogen) atoms. The van der Waals surface area contributed by atoms with Crippen molar-refractivity contribution in [3.8, 4) is 0 Å². The number of rotatable bonds is 7. The molecule has 6 heteroatoms. The summed E-state index contributed by atoms with van der Waals surface area (Å²) in [6, 6.07) is 11.3. The molecule has 0 spiro atoms. The van der Waals surface area contributed by atoms with Gasteiger partial charge in [-0.25, -0.2) is 4.98 Å². The van der Waals surface area contributed by atoms with Crippen LogP contribution < -0.4 is 5.32 Å². The van der Waals surface area contributed by atoms with Crippen molar-refractivity contribution < 1.29 is 9.21 Å². The molecule has 0 saturated heterocycles. The van der Waals surface area contributed by atoms with E-state index in [4.69, 9.17) is 4.42 Å². The van der Waals surface area contributed by atoms with Gasteiger partial charge >= 0.3 is 0 Å². The van der Waals surface area contributed by atoms with Crippen molar-refractivity contribution in [1.29, 1.82) is 0 Å². The summed E-state index contributed by atoms with van der Waals surface area (Å²) in [4.78, 5) is 22.1. The number of furan rings is 1. The largest absolute Gasteiger partial charge is 0.455 e. The number of nitrogens with one attached hydrogen (secondary N) is 2. The first kappa shape index (κ1) is 16.3. The summed E-state index contributed by atoms with van der Waals surface area (Å²) in [7, 11) is 0. The molecular weight excluding hydrogens is 304 g/mol. The number of fused-ring (bicyclic) bond motifs is 1. The van der Waals surface area contributed by atoms with Crippen molar-refractivity contribution in [3.63, 3.8) is 0 Å². The normalized spacial score (nSPS) is 11.3. The molecule has 0 unspecified atom stereocenters. The lowest BCUT2D eigenvalue weighted by Gasteiger charge is -2.15. The molecule has 2 heterocycles. The first-order chi connectivity index (χ1) is 11.7. The van der Waals surface area contributed by atoms with E-state index in [1.54, 1.807) is 6.07 Å². The van der Waals surface area contributed by atoms with Gasteiger partial charge in [0.05, 0.1) is 24.1 Å². The predicted octanol–water partition coefficient (Wildman–Crippen LogP) is 2.93. The Morgan fingerprint density at radius 3 is 2.75 bits per heavy atom. The van der Waals surface area contributed by atoms with Crippen LogP contribution >= 0.6 is 0 Å². The molecule has 126 valence electrons. The van der Waals surface area contributed by atoms with Gasteiger partial charge in [0, 0.05) is 0 Å². The molecule has 0 aliphatic heterocycles. The number of H-pyrrole nitrogens is 1. The number of aromatic nitrogens is 2. The zero-order valence-electron chi connectivity index (χ0n) is 14.0. The molecular formula is C18H22N4O2. The first-order valence-electron chi connectivity index (χ1n) is 8.22. The monoisotopic (exact) mass is 326 g/mol. The molecule has 0 atom stereocenters. The van der Waals surface area contributed by atoms with E-state index in [1.165, 1.54) is 0 Å². The quantitative estimate of drug-likeness (QED) is 0.700. The maximum Gasteiger partial charge on any atom is 0.287 e. The molecule has 0 radical (unpaired) electrons. The average Bonchev–Trinajstić information content (AvgIpc) is 3.23. The Morgan fingerprint density at radius 2 is 2.00 bits per heavy atom. The molecule has 0 aliphatic carbocycles. The maximum atomic E-state index is 12.2. The van der Waals surface area contributed by atoms with Crippen LogP contribution in [0.15, 0.2) is 40.8 Å². The van der Waals surface area contributed by atoms with E-state index in [0.29, 0.717) is 18.8 Å². The fourth-order valence-corrected chi connectivity index (χ4v) is 2.59. The van der Waals surface area contributed by atoms with Crippen LogP contribution in [0.1, 0.15) is 36.0 Å². The lowest BCUT2D eigenvalue weighted by atomic mass is 10.3. The minimum absolute atomic E-state index is 0.235. The number of hydrogen-bond donors (Lipinski definition) is 2. The van der Waals surface area contributed by atoms with Gasteiger partial charge in [0.1, 0.15) is 11.6 Å². The molecule has 0 aliphatic rings. The lowest BCUT2D eigenvalue weighted by Crippen LogP contribution is -2.23. The van der Waals surface area contributed by atoms with Gasteiger partial charge in [-0.3, -0.25) is 9.69 Å². The van der Waals surface area contributed by atoms with Crippen LogP contribution in [-0.4, -0.2) is 33.9 Å². The van der Waals surface area contributed by atoms with Gasteiger partial charge in [0.2, 0.25) is 0 Å². The van der Waals surface area contributed by atoms with Crippen LogP contribution in [0.2, 0.25) is 0 Å². The van der Waals surface area contributed by atoms with Crippen LogP contribution in [-0.2, 0) is 13.1 Å². The Morgan fingerprint density at radius 1 is 1.21 bits per heavy atom. The van der Waals surface area contributed by atoms with E-state index in [0.717, 1.165) is 35.7 Å². The van der Waals surface area contributed by atoms with Crippen molar-refractivity contribution in [1.82, 2.24) is 20.2 Å². The Labute approximate surface area is 140 Å². The highest BCUT2D eigenvalue weighted by Crippen LogP contribution is 2.12. The molecule has 2 N–H and O–H groups in total. The number of imidazole rings is 1. The molecule has 0 fully saturated rings. The van der Waals surface area contributed by atoms with E-state index >= 15 is 0 Å². The zero-order valence-corrected chi connectivity index (χ0v) is 14.0. The van der Waals surface area contributed by atoms with Crippen molar-refractivity contribution in [2.45, 2.75) is 26.9 Å². The number of benzene rings is 1. The smallest absolute Gasteiger partial charge is 0.287 e. The number of carbonyl (C=O) groups excluding carboxylic acids is 1. The third-order valence-corrected chi connectivity index (χ3v) is 4.01. The van der Waals surface area contributed by atoms with Gasteiger partial charge in [0.25, 0.3) is 5.91 Å². The van der Waals surface area contributed by atoms with Gasteiger partial charge in [-0.2, -0.15) is 0 Å². The second kappa shape index (κ2) is 7.31. The Balaban J connectivity index is 1.59. The fraction of sp³-hybridized carbons (Fsp3) is 0.333. The minimum Gasteiger partial charge on any atom is -0.455 e. The van der Waals surface area contributed by atoms with Gasteiger partial charge in [0.15, 0.2) is 5.76 Å².